The van der Waals surface area contributed by atoms with Crippen LogP contribution in [0.1, 0.15) is 309 Å². The second kappa shape index (κ2) is 55.7. The zero-order valence-corrected chi connectivity index (χ0v) is 44.2. The second-order valence-electron chi connectivity index (χ2n) is 20.0. The standard InChI is InChI=1S/C60H113NO5/c1-3-5-7-9-11-13-15-17-19-20-21-22-23-24-25-26-27-29-30-32-36-40-44-48-52-58(63)57(56-62)61-59(64)53-49-45-41-37-34-35-39-43-47-51-55-66-60(65)54-50-46-42-38-33-31-28-18-16-14-12-10-8-6-4-2/h12,14,18,28,48,52,57-58,62-63H,3-11,13,15-17,19-27,29-47,49-51,53-56H2,1-2H3,(H,61,64)/b14-12-,28-18-,52-48+. The summed E-state index contributed by atoms with van der Waals surface area (Å²) in [6.45, 7) is 4.83. The summed E-state index contributed by atoms with van der Waals surface area (Å²) in [5.74, 6) is -0.124. The Bertz CT molecular complexity index is 1070. The molecule has 0 aromatic rings. The Kier molecular flexibility index (Phi) is 54.1. The van der Waals surface area contributed by atoms with Crippen LogP contribution in [0.15, 0.2) is 36.5 Å². The number of allylic oxidation sites excluding steroid dienone is 5. The van der Waals surface area contributed by atoms with Gasteiger partial charge < -0.3 is 20.3 Å². The molecule has 2 atom stereocenters. The predicted molar refractivity (Wildman–Crippen MR) is 287 cm³/mol. The number of unbranched alkanes of at least 4 members (excludes halogenated alkanes) is 39. The monoisotopic (exact) mass is 928 g/mol. The van der Waals surface area contributed by atoms with Crippen LogP contribution in [-0.2, 0) is 14.3 Å². The highest BCUT2D eigenvalue weighted by Crippen LogP contribution is 2.17. The summed E-state index contributed by atoms with van der Waals surface area (Å²) in [7, 11) is 0. The summed E-state index contributed by atoms with van der Waals surface area (Å²) in [5, 5.41) is 23.2. The molecular formula is C60H113NO5. The maximum Gasteiger partial charge on any atom is 0.305 e. The average molecular weight is 929 g/mol. The van der Waals surface area contributed by atoms with Crippen LogP contribution >= 0.6 is 0 Å². The van der Waals surface area contributed by atoms with E-state index in [4.69, 9.17) is 4.74 Å². The minimum absolute atomic E-state index is 0.0344. The molecule has 0 aromatic heterocycles. The van der Waals surface area contributed by atoms with Gasteiger partial charge in [-0.25, -0.2) is 0 Å². The van der Waals surface area contributed by atoms with Crippen LogP contribution in [0.4, 0.5) is 0 Å². The highest BCUT2D eigenvalue weighted by Gasteiger charge is 2.18. The minimum atomic E-state index is -0.862. The third-order valence-corrected chi connectivity index (χ3v) is 13.4. The van der Waals surface area contributed by atoms with E-state index in [9.17, 15) is 19.8 Å². The van der Waals surface area contributed by atoms with Gasteiger partial charge in [0.2, 0.25) is 5.91 Å². The lowest BCUT2D eigenvalue weighted by atomic mass is 10.0. The van der Waals surface area contributed by atoms with Gasteiger partial charge in [0.1, 0.15) is 0 Å². The summed E-state index contributed by atoms with van der Waals surface area (Å²) in [4.78, 5) is 24.5. The first-order valence-electron chi connectivity index (χ1n) is 29.3. The van der Waals surface area contributed by atoms with Gasteiger partial charge in [-0.1, -0.05) is 269 Å². The smallest absolute Gasteiger partial charge is 0.305 e. The number of carbonyl (C=O) groups is 2. The lowest BCUT2D eigenvalue weighted by molar-refractivity contribution is -0.143. The molecule has 6 nitrogen and oxygen atoms in total. The van der Waals surface area contributed by atoms with Gasteiger partial charge in [0.15, 0.2) is 0 Å². The molecule has 3 N–H and O–H groups in total. The SMILES string of the molecule is CCCCC/C=C\C/C=C\CCCCCCCC(=O)OCCCCCCCCCCCCC(=O)NC(CO)C(O)/C=C/CCCCCCCCCCCCCCCCCCCCCCCC. The van der Waals surface area contributed by atoms with E-state index in [1.165, 1.54) is 212 Å². The zero-order valence-electron chi connectivity index (χ0n) is 44.2. The molecule has 0 saturated heterocycles. The normalized spacial score (nSPS) is 12.8. The molecule has 0 radical (unpaired) electrons. The number of hydrogen-bond donors (Lipinski definition) is 3. The molecule has 0 saturated carbocycles. The average Bonchev–Trinajstić information content (AvgIpc) is 3.32. The lowest BCUT2D eigenvalue weighted by Crippen LogP contribution is -2.45. The molecule has 1 amide bonds. The van der Waals surface area contributed by atoms with Crippen molar-refractivity contribution in [2.75, 3.05) is 13.2 Å². The van der Waals surface area contributed by atoms with Crippen molar-refractivity contribution in [3.8, 4) is 0 Å². The molecule has 0 aliphatic heterocycles. The maximum absolute atomic E-state index is 12.5. The number of amides is 1. The van der Waals surface area contributed by atoms with Crippen molar-refractivity contribution in [1.82, 2.24) is 5.32 Å². The summed E-state index contributed by atoms with van der Waals surface area (Å²) in [6, 6.07) is -0.647. The van der Waals surface area contributed by atoms with Gasteiger partial charge in [0, 0.05) is 12.8 Å². The number of esters is 1. The summed E-state index contributed by atoms with van der Waals surface area (Å²) < 4.78 is 5.45. The van der Waals surface area contributed by atoms with E-state index in [0.717, 1.165) is 70.6 Å². The number of nitrogens with one attached hydrogen (secondary N) is 1. The molecule has 0 fully saturated rings. The van der Waals surface area contributed by atoms with E-state index in [1.807, 2.05) is 6.08 Å². The van der Waals surface area contributed by atoms with Gasteiger partial charge in [0.25, 0.3) is 0 Å². The van der Waals surface area contributed by atoms with E-state index in [2.05, 4.69) is 43.5 Å². The number of rotatable bonds is 54. The second-order valence-corrected chi connectivity index (χ2v) is 20.0. The van der Waals surface area contributed by atoms with E-state index < -0.39 is 12.1 Å². The highest BCUT2D eigenvalue weighted by molar-refractivity contribution is 5.76. The van der Waals surface area contributed by atoms with Crippen LogP contribution in [0.25, 0.3) is 0 Å². The van der Waals surface area contributed by atoms with Crippen LogP contribution in [0.3, 0.4) is 0 Å². The topological polar surface area (TPSA) is 95.9 Å². The van der Waals surface area contributed by atoms with Gasteiger partial charge in [-0.05, 0) is 64.2 Å². The van der Waals surface area contributed by atoms with Crippen LogP contribution in [0.5, 0.6) is 0 Å². The Labute approximate surface area is 411 Å². The summed E-state index contributed by atoms with van der Waals surface area (Å²) >= 11 is 0. The molecule has 66 heavy (non-hydrogen) atoms. The molecule has 0 bridgehead atoms. The Hall–Kier alpha value is -1.92. The van der Waals surface area contributed by atoms with Gasteiger partial charge in [-0.3, -0.25) is 9.59 Å². The van der Waals surface area contributed by atoms with Gasteiger partial charge in [-0.15, -0.1) is 0 Å². The molecule has 0 aliphatic carbocycles. The molecule has 0 heterocycles. The fraction of sp³-hybridized carbons (Fsp3) is 0.867. The van der Waals surface area contributed by atoms with Crippen molar-refractivity contribution in [3.63, 3.8) is 0 Å². The Morgan fingerprint density at radius 2 is 0.758 bits per heavy atom. The lowest BCUT2D eigenvalue weighted by Gasteiger charge is -2.20. The number of carbonyl (C=O) groups excluding carboxylic acids is 2. The van der Waals surface area contributed by atoms with Crippen molar-refractivity contribution in [1.29, 1.82) is 0 Å². The quantitative estimate of drug-likeness (QED) is 0.0321. The van der Waals surface area contributed by atoms with E-state index >= 15 is 0 Å². The third-order valence-electron chi connectivity index (χ3n) is 13.4. The first kappa shape index (κ1) is 64.1. The van der Waals surface area contributed by atoms with E-state index in [1.54, 1.807) is 6.08 Å². The number of ether oxygens (including phenoxy) is 1. The first-order chi connectivity index (χ1) is 32.5. The van der Waals surface area contributed by atoms with Gasteiger partial charge >= 0.3 is 5.97 Å². The third kappa shape index (κ3) is 51.5. The van der Waals surface area contributed by atoms with E-state index in [0.29, 0.717) is 19.4 Å². The van der Waals surface area contributed by atoms with Crippen LogP contribution < -0.4 is 5.32 Å². The molecule has 388 valence electrons. The van der Waals surface area contributed by atoms with Crippen LogP contribution in [0.2, 0.25) is 0 Å². The number of aliphatic hydroxyl groups is 2. The Morgan fingerprint density at radius 1 is 0.424 bits per heavy atom. The van der Waals surface area contributed by atoms with Crippen molar-refractivity contribution < 1.29 is 24.5 Å². The molecule has 0 aliphatic rings. The minimum Gasteiger partial charge on any atom is -0.466 e. The molecular weight excluding hydrogens is 815 g/mol. The fourth-order valence-corrected chi connectivity index (χ4v) is 8.90. The highest BCUT2D eigenvalue weighted by atomic mass is 16.5. The zero-order chi connectivity index (χ0) is 47.9. The summed E-state index contributed by atoms with van der Waals surface area (Å²) in [5.41, 5.74) is 0. The van der Waals surface area contributed by atoms with Crippen LogP contribution in [0, 0.1) is 0 Å². The Morgan fingerprint density at radius 3 is 1.18 bits per heavy atom. The van der Waals surface area contributed by atoms with Gasteiger partial charge in [-0.2, -0.15) is 0 Å². The maximum atomic E-state index is 12.5. The fourth-order valence-electron chi connectivity index (χ4n) is 8.90. The number of hydrogen-bond acceptors (Lipinski definition) is 5. The van der Waals surface area contributed by atoms with Crippen molar-refractivity contribution in [2.45, 2.75) is 321 Å². The molecule has 0 spiro atoms. The van der Waals surface area contributed by atoms with E-state index in [-0.39, 0.29) is 18.5 Å². The predicted octanol–water partition coefficient (Wildman–Crippen LogP) is 18.0. The number of aliphatic hydroxyl groups excluding tert-OH is 2. The molecule has 0 aromatic carbocycles. The first-order valence-corrected chi connectivity index (χ1v) is 29.3. The van der Waals surface area contributed by atoms with Crippen molar-refractivity contribution >= 4 is 11.9 Å². The summed E-state index contributed by atoms with van der Waals surface area (Å²) in [6.07, 6.45) is 68.8. The largest absolute Gasteiger partial charge is 0.466 e. The van der Waals surface area contributed by atoms with Crippen LogP contribution in [-0.4, -0.2) is 47.4 Å². The van der Waals surface area contributed by atoms with Gasteiger partial charge in [0.05, 0.1) is 25.4 Å². The molecule has 2 unspecified atom stereocenters. The van der Waals surface area contributed by atoms with Crippen molar-refractivity contribution in [3.05, 3.63) is 36.5 Å². The van der Waals surface area contributed by atoms with Crippen molar-refractivity contribution in [2.24, 2.45) is 0 Å². The molecule has 6 heteroatoms. The molecule has 0 rings (SSSR count). The Balaban J connectivity index is 3.51.